The van der Waals surface area contributed by atoms with Crippen LogP contribution in [0.2, 0.25) is 0 Å². The molecule has 0 saturated carbocycles. The van der Waals surface area contributed by atoms with Gasteiger partial charge in [0.25, 0.3) is 0 Å². The van der Waals surface area contributed by atoms with Crippen molar-refractivity contribution in [3.8, 4) is 5.75 Å². The monoisotopic (exact) mass is 240 g/mol. The normalized spacial score (nSPS) is 10.6. The number of benzene rings is 1. The lowest BCUT2D eigenvalue weighted by Crippen LogP contribution is -2.14. The summed E-state index contributed by atoms with van der Waals surface area (Å²) >= 11 is 0. The third kappa shape index (κ3) is 3.73. The van der Waals surface area contributed by atoms with Crippen LogP contribution in [0.3, 0.4) is 0 Å². The third-order valence-corrected chi connectivity index (χ3v) is 2.78. The fraction of sp³-hybridized carbons (Fsp3) is 0.462. The van der Waals surface area contributed by atoms with Crippen LogP contribution >= 0.6 is 0 Å². The summed E-state index contributed by atoms with van der Waals surface area (Å²) in [7, 11) is 0. The minimum Gasteiger partial charge on any atom is -0.508 e. The van der Waals surface area contributed by atoms with Crippen LogP contribution in [-0.2, 0) is 4.74 Å². The van der Waals surface area contributed by atoms with Gasteiger partial charge in [0.15, 0.2) is 0 Å². The second-order valence-electron chi connectivity index (χ2n) is 3.95. The number of phenolic OH excluding ortho intramolecular Hbond substituents is 1. The summed E-state index contributed by atoms with van der Waals surface area (Å²) in [6, 6.07) is 3.38. The second-order valence-corrected chi connectivity index (χ2v) is 3.95. The Balaban J connectivity index is 2.64. The summed E-state index contributed by atoms with van der Waals surface area (Å²) in [6.07, 6.45) is 1.84. The number of rotatable bonds is 5. The van der Waals surface area contributed by atoms with E-state index in [2.05, 4.69) is 0 Å². The molecule has 94 valence electrons. The van der Waals surface area contributed by atoms with Crippen LogP contribution in [0.15, 0.2) is 18.2 Å². The fourth-order valence-electron chi connectivity index (χ4n) is 1.47. The second kappa shape index (κ2) is 6.23. The largest absolute Gasteiger partial charge is 0.508 e. The third-order valence-electron chi connectivity index (χ3n) is 2.78. The molecular formula is C13H17FO3. The lowest BCUT2D eigenvalue weighted by molar-refractivity contribution is 0.0428. The van der Waals surface area contributed by atoms with Crippen molar-refractivity contribution in [3.05, 3.63) is 29.6 Å². The summed E-state index contributed by atoms with van der Waals surface area (Å²) in [6.45, 7) is 4.33. The zero-order valence-corrected chi connectivity index (χ0v) is 10.1. The van der Waals surface area contributed by atoms with Crippen molar-refractivity contribution < 1.29 is 19.0 Å². The van der Waals surface area contributed by atoms with Crippen molar-refractivity contribution in [1.82, 2.24) is 0 Å². The molecule has 0 heterocycles. The Hall–Kier alpha value is -1.58. The predicted molar refractivity (Wildman–Crippen MR) is 62.4 cm³/mol. The molecule has 0 bridgehead atoms. The molecule has 0 aliphatic heterocycles. The first-order valence-electron chi connectivity index (χ1n) is 5.74. The molecule has 1 rings (SSSR count). The molecule has 0 radical (unpaired) electrons. The van der Waals surface area contributed by atoms with Gasteiger partial charge in [-0.05, 0) is 18.1 Å². The highest BCUT2D eigenvalue weighted by molar-refractivity contribution is 5.89. The Kier molecular flexibility index (Phi) is 4.94. The highest BCUT2D eigenvalue weighted by Gasteiger charge is 2.15. The van der Waals surface area contributed by atoms with Crippen LogP contribution in [0.25, 0.3) is 0 Å². The zero-order chi connectivity index (χ0) is 12.8. The molecule has 0 aliphatic carbocycles. The van der Waals surface area contributed by atoms with E-state index in [-0.39, 0.29) is 11.3 Å². The average Bonchev–Trinajstić information content (AvgIpc) is 2.30. The molecule has 0 saturated heterocycles. The number of hydrogen-bond acceptors (Lipinski definition) is 3. The number of halogens is 1. The van der Waals surface area contributed by atoms with Crippen LogP contribution in [0.4, 0.5) is 4.39 Å². The van der Waals surface area contributed by atoms with Crippen molar-refractivity contribution in [1.29, 1.82) is 0 Å². The van der Waals surface area contributed by atoms with Crippen molar-refractivity contribution in [2.45, 2.75) is 26.7 Å². The van der Waals surface area contributed by atoms with Gasteiger partial charge in [-0.2, -0.15) is 0 Å². The van der Waals surface area contributed by atoms with Crippen molar-refractivity contribution >= 4 is 5.97 Å². The lowest BCUT2D eigenvalue weighted by Gasteiger charge is -2.12. The Morgan fingerprint density at radius 2 is 2.06 bits per heavy atom. The van der Waals surface area contributed by atoms with E-state index in [0.717, 1.165) is 18.9 Å². The van der Waals surface area contributed by atoms with Crippen molar-refractivity contribution in [3.63, 3.8) is 0 Å². The predicted octanol–water partition coefficient (Wildman–Crippen LogP) is 3.12. The number of hydrogen-bond donors (Lipinski definition) is 1. The maximum atomic E-state index is 13.3. The minimum atomic E-state index is -0.764. The van der Waals surface area contributed by atoms with E-state index < -0.39 is 11.8 Å². The number of esters is 1. The summed E-state index contributed by atoms with van der Waals surface area (Å²) in [5.74, 6) is -1.35. The van der Waals surface area contributed by atoms with Crippen LogP contribution in [0, 0.1) is 11.7 Å². The molecule has 17 heavy (non-hydrogen) atoms. The topological polar surface area (TPSA) is 46.5 Å². The lowest BCUT2D eigenvalue weighted by atomic mass is 10.1. The summed E-state index contributed by atoms with van der Waals surface area (Å²) in [5.41, 5.74) is -0.145. The van der Waals surface area contributed by atoms with E-state index in [1.165, 1.54) is 12.1 Å². The maximum Gasteiger partial charge on any atom is 0.341 e. The molecular weight excluding hydrogens is 223 g/mol. The molecule has 3 nitrogen and oxygen atoms in total. The number of carbonyl (C=O) groups excluding carboxylic acids is 1. The van der Waals surface area contributed by atoms with Gasteiger partial charge in [-0.15, -0.1) is 0 Å². The number of ether oxygens (including phenoxy) is 1. The van der Waals surface area contributed by atoms with Crippen LogP contribution in [0.1, 0.15) is 37.0 Å². The summed E-state index contributed by atoms with van der Waals surface area (Å²) in [4.78, 5) is 11.6. The highest BCUT2D eigenvalue weighted by atomic mass is 19.1. The van der Waals surface area contributed by atoms with E-state index in [1.807, 2.05) is 13.8 Å². The van der Waals surface area contributed by atoms with Crippen molar-refractivity contribution in [2.24, 2.45) is 5.92 Å². The average molecular weight is 240 g/mol. The van der Waals surface area contributed by atoms with E-state index >= 15 is 0 Å². The van der Waals surface area contributed by atoms with Crippen LogP contribution in [0.5, 0.6) is 5.75 Å². The first-order chi connectivity index (χ1) is 8.08. The van der Waals surface area contributed by atoms with E-state index in [0.29, 0.717) is 12.5 Å². The number of carbonyl (C=O) groups is 1. The number of phenols is 1. The Labute approximate surface area is 100 Å². The van der Waals surface area contributed by atoms with Crippen LogP contribution in [-0.4, -0.2) is 17.7 Å². The quantitative estimate of drug-likeness (QED) is 0.804. The molecule has 0 fully saturated rings. The maximum absolute atomic E-state index is 13.3. The van der Waals surface area contributed by atoms with Gasteiger partial charge in [-0.1, -0.05) is 26.7 Å². The van der Waals surface area contributed by atoms with Crippen LogP contribution < -0.4 is 0 Å². The molecule has 0 unspecified atom stereocenters. The summed E-state index contributed by atoms with van der Waals surface area (Å²) in [5, 5.41) is 9.02. The van der Waals surface area contributed by atoms with Gasteiger partial charge in [0.2, 0.25) is 0 Å². The van der Waals surface area contributed by atoms with E-state index in [4.69, 9.17) is 9.84 Å². The molecule has 0 aromatic heterocycles. The SMILES string of the molecule is CCC(CC)COC(=O)c1ccc(O)cc1F. The molecule has 1 N–H and O–H groups in total. The van der Waals surface area contributed by atoms with Gasteiger partial charge >= 0.3 is 5.97 Å². The van der Waals surface area contributed by atoms with Gasteiger partial charge in [0.1, 0.15) is 11.6 Å². The minimum absolute atomic E-state index is 0.145. The molecule has 0 spiro atoms. The number of aromatic hydroxyl groups is 1. The smallest absolute Gasteiger partial charge is 0.341 e. The first kappa shape index (κ1) is 13.5. The highest BCUT2D eigenvalue weighted by Crippen LogP contribution is 2.16. The van der Waals surface area contributed by atoms with Gasteiger partial charge in [-0.25, -0.2) is 9.18 Å². The van der Waals surface area contributed by atoms with Gasteiger partial charge < -0.3 is 9.84 Å². The Bertz CT molecular complexity index is 386. The fourth-order valence-corrected chi connectivity index (χ4v) is 1.47. The van der Waals surface area contributed by atoms with E-state index in [1.54, 1.807) is 0 Å². The molecule has 0 aliphatic rings. The van der Waals surface area contributed by atoms with Crippen molar-refractivity contribution in [2.75, 3.05) is 6.61 Å². The summed E-state index contributed by atoms with van der Waals surface area (Å²) < 4.78 is 18.4. The van der Waals surface area contributed by atoms with Gasteiger partial charge in [-0.3, -0.25) is 0 Å². The molecule has 1 aromatic rings. The standard InChI is InChI=1S/C13H17FO3/c1-3-9(4-2)8-17-13(16)11-6-5-10(15)7-12(11)14/h5-7,9,15H,3-4,8H2,1-2H3. The molecule has 0 amide bonds. The molecule has 0 atom stereocenters. The van der Waals surface area contributed by atoms with Gasteiger partial charge in [0, 0.05) is 6.07 Å². The Morgan fingerprint density at radius 1 is 1.41 bits per heavy atom. The van der Waals surface area contributed by atoms with Gasteiger partial charge in [0.05, 0.1) is 12.2 Å². The Morgan fingerprint density at radius 3 is 2.59 bits per heavy atom. The molecule has 4 heteroatoms. The first-order valence-corrected chi connectivity index (χ1v) is 5.74. The zero-order valence-electron chi connectivity index (χ0n) is 10.1. The molecule has 1 aromatic carbocycles. The van der Waals surface area contributed by atoms with E-state index in [9.17, 15) is 9.18 Å².